The third kappa shape index (κ3) is 3.56. The smallest absolute Gasteiger partial charge is 0.157 e. The first-order valence-electron chi connectivity index (χ1n) is 13.0. The molecule has 2 aromatic rings. The number of hydrogen-bond donors (Lipinski definition) is 1. The zero-order chi connectivity index (χ0) is 23.0. The minimum Gasteiger partial charge on any atom is -0.390 e. The van der Waals surface area contributed by atoms with Crippen LogP contribution >= 0.6 is 11.6 Å². The lowest BCUT2D eigenvalue weighted by molar-refractivity contribution is -0.133. The number of nitrogens with zero attached hydrogens (tertiary/aromatic N) is 3. The summed E-state index contributed by atoms with van der Waals surface area (Å²) >= 11 is 6.15. The summed E-state index contributed by atoms with van der Waals surface area (Å²) < 4.78 is 1.79. The van der Waals surface area contributed by atoms with Crippen LogP contribution in [0.25, 0.3) is 11.0 Å². The van der Waals surface area contributed by atoms with E-state index in [1.807, 2.05) is 13.0 Å². The molecule has 0 unspecified atom stereocenters. The van der Waals surface area contributed by atoms with Crippen molar-refractivity contribution in [1.29, 1.82) is 0 Å². The quantitative estimate of drug-likeness (QED) is 0.628. The number of halogens is 1. The topological polar surface area (TPSA) is 68.0 Å². The Morgan fingerprint density at radius 2 is 1.91 bits per heavy atom. The number of rotatable bonds is 3. The van der Waals surface area contributed by atoms with Crippen LogP contribution < -0.4 is 0 Å². The Morgan fingerprint density at radius 1 is 1.09 bits per heavy atom. The lowest BCUT2D eigenvalue weighted by Gasteiger charge is -2.56. The third-order valence-electron chi connectivity index (χ3n) is 10.4. The molecular weight excluding hydrogens is 434 g/mol. The van der Waals surface area contributed by atoms with Crippen LogP contribution in [0.15, 0.2) is 18.5 Å². The molecule has 2 aromatic heterocycles. The minimum atomic E-state index is -0.460. The Balaban J connectivity index is 1.20. The van der Waals surface area contributed by atoms with Gasteiger partial charge in [-0.25, -0.2) is 0 Å². The predicted molar refractivity (Wildman–Crippen MR) is 129 cm³/mol. The van der Waals surface area contributed by atoms with Gasteiger partial charge in [-0.3, -0.25) is 14.5 Å². The Kier molecular flexibility index (Phi) is 5.19. The highest BCUT2D eigenvalue weighted by molar-refractivity contribution is 6.31. The monoisotopic (exact) mass is 469 g/mol. The number of aliphatic hydroxyl groups is 1. The van der Waals surface area contributed by atoms with Gasteiger partial charge in [-0.2, -0.15) is 5.10 Å². The molecule has 0 radical (unpaired) electrons. The summed E-state index contributed by atoms with van der Waals surface area (Å²) in [5.74, 6) is 4.17. The Hall–Kier alpha value is -1.46. The maximum absolute atomic E-state index is 13.6. The normalized spacial score (nSPS) is 42.5. The van der Waals surface area contributed by atoms with Crippen molar-refractivity contribution in [3.63, 3.8) is 0 Å². The van der Waals surface area contributed by atoms with E-state index in [-0.39, 0.29) is 11.3 Å². The van der Waals surface area contributed by atoms with Gasteiger partial charge in [-0.1, -0.05) is 18.5 Å². The van der Waals surface area contributed by atoms with Crippen LogP contribution in [-0.4, -0.2) is 31.3 Å². The van der Waals surface area contributed by atoms with E-state index in [4.69, 9.17) is 11.6 Å². The van der Waals surface area contributed by atoms with Gasteiger partial charge in [-0.05, 0) is 106 Å². The zero-order valence-electron chi connectivity index (χ0n) is 19.8. The van der Waals surface area contributed by atoms with E-state index in [1.165, 1.54) is 38.5 Å². The maximum atomic E-state index is 13.6. The molecule has 0 amide bonds. The van der Waals surface area contributed by atoms with Gasteiger partial charge in [0.15, 0.2) is 5.78 Å². The first-order chi connectivity index (χ1) is 15.7. The molecule has 1 N–H and O–H groups in total. The van der Waals surface area contributed by atoms with Crippen LogP contribution in [0.5, 0.6) is 0 Å². The second-order valence-electron chi connectivity index (χ2n) is 12.2. The molecule has 4 fully saturated rings. The highest BCUT2D eigenvalue weighted by atomic mass is 35.5. The molecule has 6 heteroatoms. The molecule has 0 saturated heterocycles. The van der Waals surface area contributed by atoms with Crippen molar-refractivity contribution in [3.05, 3.63) is 23.5 Å². The van der Waals surface area contributed by atoms with E-state index in [9.17, 15) is 9.90 Å². The first-order valence-corrected chi connectivity index (χ1v) is 13.4. The van der Waals surface area contributed by atoms with E-state index in [0.717, 1.165) is 48.0 Å². The Labute approximate surface area is 201 Å². The van der Waals surface area contributed by atoms with Crippen LogP contribution in [0.2, 0.25) is 5.02 Å². The van der Waals surface area contributed by atoms with Crippen molar-refractivity contribution in [2.24, 2.45) is 40.9 Å². The molecule has 2 heterocycles. The van der Waals surface area contributed by atoms with Crippen LogP contribution in [0.3, 0.4) is 0 Å². The molecule has 8 atom stereocenters. The predicted octanol–water partition coefficient (Wildman–Crippen LogP) is 5.67. The number of pyridine rings is 1. The Morgan fingerprint density at radius 3 is 2.76 bits per heavy atom. The number of carbonyl (C=O) groups is 1. The van der Waals surface area contributed by atoms with E-state index < -0.39 is 5.60 Å². The maximum Gasteiger partial charge on any atom is 0.157 e. The average molecular weight is 470 g/mol. The molecule has 4 aliphatic rings. The standard InChI is InChI=1S/C27H36ClN3O2/c1-26(33)9-7-18-16(12-26)3-4-20-19(18)8-10-27(2)21(20)5-6-22(27)25(32)15-31-24-11-17(28)13-29-23(24)14-30-31/h11,13-14,16,18-22,33H,3-10,12,15H2,1-2H3/t16-,18+,19-,20-,21+,22-,26-,27+/m1/s1. The molecule has 4 aliphatic carbocycles. The van der Waals surface area contributed by atoms with Gasteiger partial charge >= 0.3 is 0 Å². The van der Waals surface area contributed by atoms with Crippen molar-refractivity contribution in [3.8, 4) is 0 Å². The lowest BCUT2D eigenvalue weighted by atomic mass is 9.49. The SMILES string of the molecule is C[C@@]1(O)CC[C@H]2[C@H](CC[C@@H]3[C@@H]2CC[C@]2(C)[C@@H](C(=O)Cn4ncc5ncc(Cl)cc54)CC[C@@H]32)C1. The van der Waals surface area contributed by atoms with Gasteiger partial charge in [0.05, 0.1) is 22.3 Å². The van der Waals surface area contributed by atoms with Crippen LogP contribution in [0.4, 0.5) is 0 Å². The summed E-state index contributed by atoms with van der Waals surface area (Å²) in [5.41, 5.74) is 1.28. The highest BCUT2D eigenvalue weighted by Gasteiger charge is 2.58. The molecule has 6 rings (SSSR count). The molecular formula is C27H36ClN3O2. The van der Waals surface area contributed by atoms with Gasteiger partial charge in [0.1, 0.15) is 12.1 Å². The summed E-state index contributed by atoms with van der Waals surface area (Å²) in [5, 5.41) is 15.7. The minimum absolute atomic E-state index is 0.115. The fourth-order valence-electron chi connectivity index (χ4n) is 8.93. The van der Waals surface area contributed by atoms with E-state index in [2.05, 4.69) is 17.0 Å². The van der Waals surface area contributed by atoms with Gasteiger partial charge in [0.2, 0.25) is 0 Å². The number of hydrogen-bond acceptors (Lipinski definition) is 4. The molecule has 0 bridgehead atoms. The summed E-state index contributed by atoms with van der Waals surface area (Å²) in [6, 6.07) is 1.86. The van der Waals surface area contributed by atoms with Crippen molar-refractivity contribution < 1.29 is 9.90 Å². The van der Waals surface area contributed by atoms with Crippen LogP contribution in [-0.2, 0) is 11.3 Å². The number of Topliss-reactive ketones (excluding diaryl/α,β-unsaturated/α-hetero) is 1. The molecule has 0 aromatic carbocycles. The molecule has 178 valence electrons. The van der Waals surface area contributed by atoms with Crippen LogP contribution in [0.1, 0.15) is 71.6 Å². The van der Waals surface area contributed by atoms with E-state index >= 15 is 0 Å². The zero-order valence-corrected chi connectivity index (χ0v) is 20.6. The van der Waals surface area contributed by atoms with Gasteiger partial charge in [0, 0.05) is 12.1 Å². The van der Waals surface area contributed by atoms with Crippen molar-refractivity contribution in [2.45, 2.75) is 83.8 Å². The Bertz CT molecular complexity index is 1080. The summed E-state index contributed by atoms with van der Waals surface area (Å²) in [7, 11) is 0. The second-order valence-corrected chi connectivity index (χ2v) is 12.6. The molecule has 5 nitrogen and oxygen atoms in total. The molecule has 33 heavy (non-hydrogen) atoms. The first kappa shape index (κ1) is 22.0. The average Bonchev–Trinajstić information content (AvgIpc) is 3.33. The summed E-state index contributed by atoms with van der Waals surface area (Å²) in [6.45, 7) is 4.76. The summed E-state index contributed by atoms with van der Waals surface area (Å²) in [6.07, 6.45) is 13.7. The molecule has 4 saturated carbocycles. The van der Waals surface area contributed by atoms with Crippen molar-refractivity contribution >= 4 is 28.4 Å². The van der Waals surface area contributed by atoms with Gasteiger partial charge in [-0.15, -0.1) is 0 Å². The molecule has 0 spiro atoms. The van der Waals surface area contributed by atoms with Gasteiger partial charge in [0.25, 0.3) is 0 Å². The number of aromatic nitrogens is 3. The number of fused-ring (bicyclic) bond motifs is 6. The van der Waals surface area contributed by atoms with Crippen molar-refractivity contribution in [1.82, 2.24) is 14.8 Å². The van der Waals surface area contributed by atoms with Crippen molar-refractivity contribution in [2.75, 3.05) is 0 Å². The highest BCUT2D eigenvalue weighted by Crippen LogP contribution is 2.64. The summed E-state index contributed by atoms with van der Waals surface area (Å²) in [4.78, 5) is 17.9. The second kappa shape index (κ2) is 7.78. The lowest BCUT2D eigenvalue weighted by Crippen LogP contribution is -2.51. The largest absolute Gasteiger partial charge is 0.390 e. The van der Waals surface area contributed by atoms with Crippen LogP contribution in [0, 0.1) is 40.9 Å². The van der Waals surface area contributed by atoms with E-state index in [0.29, 0.717) is 29.2 Å². The third-order valence-corrected chi connectivity index (χ3v) is 10.6. The fraction of sp³-hybridized carbons (Fsp3) is 0.741. The van der Waals surface area contributed by atoms with Gasteiger partial charge < -0.3 is 5.11 Å². The number of ketones is 1. The number of carbonyl (C=O) groups excluding carboxylic acids is 1. The molecule has 0 aliphatic heterocycles. The van der Waals surface area contributed by atoms with E-state index in [1.54, 1.807) is 17.1 Å². The fourth-order valence-corrected chi connectivity index (χ4v) is 9.08.